The van der Waals surface area contributed by atoms with Crippen molar-refractivity contribution in [3.05, 3.63) is 0 Å². The van der Waals surface area contributed by atoms with Gasteiger partial charge in [0.1, 0.15) is 0 Å². The number of hydrogen-bond donors (Lipinski definition) is 0. The third-order valence-electron chi connectivity index (χ3n) is 5.89. The minimum absolute atomic E-state index is 0.484. The predicted molar refractivity (Wildman–Crippen MR) is 86.6 cm³/mol. The molecule has 0 N–H and O–H groups in total. The molecule has 0 bridgehead atoms. The van der Waals surface area contributed by atoms with Crippen molar-refractivity contribution in [2.24, 2.45) is 5.92 Å². The van der Waals surface area contributed by atoms with Crippen LogP contribution in [-0.4, -0.2) is 22.5 Å². The van der Waals surface area contributed by atoms with Crippen LogP contribution in [0, 0.1) is 5.92 Å². The van der Waals surface area contributed by atoms with Crippen LogP contribution in [0.3, 0.4) is 0 Å². The van der Waals surface area contributed by atoms with Crippen LogP contribution >= 0.6 is 0 Å². The van der Waals surface area contributed by atoms with Crippen molar-refractivity contribution in [2.75, 3.05) is 0 Å². The maximum Gasteiger partial charge on any atom is 0.0240 e. The second-order valence-electron chi connectivity index (χ2n) is 6.90. The van der Waals surface area contributed by atoms with Gasteiger partial charge in [0.15, 0.2) is 0 Å². The second kappa shape index (κ2) is 7.67. The van der Waals surface area contributed by atoms with Crippen LogP contribution in [0.4, 0.5) is 0 Å². The van der Waals surface area contributed by atoms with Crippen LogP contribution in [-0.2, 0) is 0 Å². The van der Waals surface area contributed by atoms with E-state index >= 15 is 0 Å². The monoisotopic (exact) mass is 267 g/mol. The minimum Gasteiger partial charge on any atom is -0.292 e. The molecule has 19 heavy (non-hydrogen) atoms. The van der Waals surface area contributed by atoms with Gasteiger partial charge in [-0.15, -0.1) is 0 Å². The van der Waals surface area contributed by atoms with Crippen molar-refractivity contribution in [3.8, 4) is 0 Å². The summed E-state index contributed by atoms with van der Waals surface area (Å²) in [5.74, 6) is 0.829. The Morgan fingerprint density at radius 2 is 1.26 bits per heavy atom. The molecule has 1 heteroatoms. The number of hydrogen-bond acceptors (Lipinski definition) is 1. The molecule has 0 amide bonds. The van der Waals surface area contributed by atoms with E-state index in [9.17, 15) is 0 Å². The van der Waals surface area contributed by atoms with E-state index in [2.05, 4.69) is 46.4 Å². The van der Waals surface area contributed by atoms with Gasteiger partial charge in [-0.25, -0.2) is 0 Å². The Balaban J connectivity index is 3.09. The first kappa shape index (κ1) is 17.0. The third kappa shape index (κ3) is 3.54. The van der Waals surface area contributed by atoms with Crippen molar-refractivity contribution >= 4 is 0 Å². The van der Waals surface area contributed by atoms with Crippen molar-refractivity contribution in [1.82, 2.24) is 4.90 Å². The Labute approximate surface area is 122 Å². The summed E-state index contributed by atoms with van der Waals surface area (Å²) in [7, 11) is 0. The fraction of sp³-hybridized carbons (Fsp3) is 1.00. The van der Waals surface area contributed by atoms with Gasteiger partial charge in [0, 0.05) is 17.6 Å². The van der Waals surface area contributed by atoms with Gasteiger partial charge in [0.2, 0.25) is 0 Å². The van der Waals surface area contributed by atoms with E-state index in [1.807, 2.05) is 0 Å². The van der Waals surface area contributed by atoms with Gasteiger partial charge in [0.05, 0.1) is 0 Å². The van der Waals surface area contributed by atoms with E-state index in [4.69, 9.17) is 0 Å². The molecule has 1 aliphatic carbocycles. The molecule has 0 saturated heterocycles. The SMILES string of the molecule is CCC(C)N(C(C)CC)C1(C(C)CC)CCCCC1. The third-order valence-corrected chi connectivity index (χ3v) is 5.89. The van der Waals surface area contributed by atoms with Gasteiger partial charge in [0.25, 0.3) is 0 Å². The maximum atomic E-state index is 2.93. The highest BCUT2D eigenvalue weighted by Crippen LogP contribution is 2.43. The molecule has 1 aliphatic rings. The molecule has 0 heterocycles. The molecule has 1 nitrogen and oxygen atoms in total. The fourth-order valence-electron chi connectivity index (χ4n) is 4.26. The zero-order chi connectivity index (χ0) is 14.5. The van der Waals surface area contributed by atoms with Gasteiger partial charge in [-0.3, -0.25) is 4.90 Å². The fourth-order valence-corrected chi connectivity index (χ4v) is 4.26. The smallest absolute Gasteiger partial charge is 0.0240 e. The average Bonchev–Trinajstić information content (AvgIpc) is 2.46. The highest BCUT2D eigenvalue weighted by Gasteiger charge is 2.44. The van der Waals surface area contributed by atoms with Gasteiger partial charge >= 0.3 is 0 Å². The molecule has 0 aromatic rings. The van der Waals surface area contributed by atoms with E-state index in [-0.39, 0.29) is 0 Å². The van der Waals surface area contributed by atoms with Crippen molar-refractivity contribution in [1.29, 1.82) is 0 Å². The summed E-state index contributed by atoms with van der Waals surface area (Å²) in [4.78, 5) is 2.93. The van der Waals surface area contributed by atoms with Gasteiger partial charge in [-0.2, -0.15) is 0 Å². The van der Waals surface area contributed by atoms with Gasteiger partial charge in [-0.1, -0.05) is 53.4 Å². The highest BCUT2D eigenvalue weighted by molar-refractivity contribution is 4.99. The molecule has 1 fully saturated rings. The summed E-state index contributed by atoms with van der Waals surface area (Å²) in [6, 6.07) is 1.45. The summed E-state index contributed by atoms with van der Waals surface area (Å²) in [5.41, 5.74) is 0.484. The molecule has 3 atom stereocenters. The molecular formula is C18H37N. The Bertz CT molecular complexity index is 232. The molecule has 0 aliphatic heterocycles. The molecule has 114 valence electrons. The molecule has 0 aromatic carbocycles. The Kier molecular flexibility index (Phi) is 6.86. The molecule has 0 radical (unpaired) electrons. The lowest BCUT2D eigenvalue weighted by Gasteiger charge is -2.55. The van der Waals surface area contributed by atoms with E-state index in [1.54, 1.807) is 0 Å². The summed E-state index contributed by atoms with van der Waals surface area (Å²) in [5, 5.41) is 0. The van der Waals surface area contributed by atoms with E-state index in [0.717, 1.165) is 18.0 Å². The summed E-state index contributed by atoms with van der Waals surface area (Å²) < 4.78 is 0. The summed E-state index contributed by atoms with van der Waals surface area (Å²) >= 11 is 0. The standard InChI is InChI=1S/C18H37N/c1-7-15(4)18(13-11-10-12-14-18)19(16(5)8-2)17(6)9-3/h15-17H,7-14H2,1-6H3. The molecule has 1 rings (SSSR count). The first-order chi connectivity index (χ1) is 9.03. The van der Waals surface area contributed by atoms with Crippen LogP contribution < -0.4 is 0 Å². The lowest BCUT2D eigenvalue weighted by atomic mass is 9.70. The average molecular weight is 268 g/mol. The largest absolute Gasteiger partial charge is 0.292 e. The van der Waals surface area contributed by atoms with Crippen LogP contribution in [0.5, 0.6) is 0 Å². The van der Waals surface area contributed by atoms with Crippen LogP contribution in [0.15, 0.2) is 0 Å². The molecule has 1 saturated carbocycles. The predicted octanol–water partition coefficient (Wildman–Crippen LogP) is 5.63. The first-order valence-electron chi connectivity index (χ1n) is 8.81. The Morgan fingerprint density at radius 1 is 0.789 bits per heavy atom. The molecule has 0 aromatic heterocycles. The topological polar surface area (TPSA) is 3.24 Å². The van der Waals surface area contributed by atoms with E-state index in [1.165, 1.54) is 51.4 Å². The summed E-state index contributed by atoms with van der Waals surface area (Å²) in [6.45, 7) is 14.5. The molecule has 3 unspecified atom stereocenters. The highest BCUT2D eigenvalue weighted by atomic mass is 15.3. The normalized spacial score (nSPS) is 24.2. The zero-order valence-corrected chi connectivity index (χ0v) is 14.3. The molecular weight excluding hydrogens is 230 g/mol. The lowest BCUT2D eigenvalue weighted by Crippen LogP contribution is -2.60. The molecule has 0 spiro atoms. The van der Waals surface area contributed by atoms with Crippen LogP contribution in [0.2, 0.25) is 0 Å². The van der Waals surface area contributed by atoms with Crippen LogP contribution in [0.25, 0.3) is 0 Å². The maximum absolute atomic E-state index is 2.93. The number of rotatable bonds is 7. The van der Waals surface area contributed by atoms with Crippen molar-refractivity contribution < 1.29 is 0 Å². The second-order valence-corrected chi connectivity index (χ2v) is 6.90. The van der Waals surface area contributed by atoms with Gasteiger partial charge in [-0.05, 0) is 45.4 Å². The van der Waals surface area contributed by atoms with Crippen molar-refractivity contribution in [2.45, 2.75) is 111 Å². The quantitative estimate of drug-likeness (QED) is 0.577. The first-order valence-corrected chi connectivity index (χ1v) is 8.81. The zero-order valence-electron chi connectivity index (χ0n) is 14.3. The summed E-state index contributed by atoms with van der Waals surface area (Å²) in [6.07, 6.45) is 11.1. The van der Waals surface area contributed by atoms with Crippen LogP contribution in [0.1, 0.15) is 92.9 Å². The lowest BCUT2D eigenvalue weighted by molar-refractivity contribution is -0.0516. The van der Waals surface area contributed by atoms with Crippen molar-refractivity contribution in [3.63, 3.8) is 0 Å². The minimum atomic E-state index is 0.484. The van der Waals surface area contributed by atoms with E-state index < -0.39 is 0 Å². The van der Waals surface area contributed by atoms with E-state index in [0.29, 0.717) is 5.54 Å². The Hall–Kier alpha value is -0.0400. The number of nitrogens with zero attached hydrogens (tertiary/aromatic N) is 1. The van der Waals surface area contributed by atoms with Gasteiger partial charge < -0.3 is 0 Å². The Morgan fingerprint density at radius 3 is 1.63 bits per heavy atom.